The van der Waals surface area contributed by atoms with Gasteiger partial charge in [-0.3, -0.25) is 4.90 Å². The minimum absolute atomic E-state index is 0.0994. The van der Waals surface area contributed by atoms with Crippen molar-refractivity contribution in [1.29, 1.82) is 5.26 Å². The van der Waals surface area contributed by atoms with Crippen molar-refractivity contribution in [3.8, 4) is 17.9 Å². The molecule has 1 aromatic heterocycles. The van der Waals surface area contributed by atoms with Gasteiger partial charge in [0.05, 0.1) is 11.5 Å². The highest BCUT2D eigenvalue weighted by Gasteiger charge is 2.30. The highest BCUT2D eigenvalue weighted by atomic mass is 32.1. The van der Waals surface area contributed by atoms with E-state index in [4.69, 9.17) is 5.11 Å². The molecule has 1 atom stereocenters. The first-order valence-electron chi connectivity index (χ1n) is 6.46. The molecule has 0 aliphatic carbocycles. The number of likely N-dealkylation sites (tertiary alicyclic amines) is 1. The van der Waals surface area contributed by atoms with Gasteiger partial charge >= 0.3 is 0 Å². The van der Waals surface area contributed by atoms with E-state index in [1.807, 2.05) is 12.3 Å². The molecule has 0 amide bonds. The number of hydrogen-bond donors (Lipinski definition) is 1. The standard InChI is InChI=1S/C15H18N2OS/c1-15(11-16)5-3-6-17(12-15)9-14-8-13(10-19-14)4-2-7-18/h8,10,18H,3,5-7,9,12H2,1H3. The van der Waals surface area contributed by atoms with Crippen LogP contribution in [0.4, 0.5) is 0 Å². The number of thiophene rings is 1. The van der Waals surface area contributed by atoms with E-state index in [2.05, 4.69) is 28.9 Å². The van der Waals surface area contributed by atoms with E-state index in [-0.39, 0.29) is 12.0 Å². The monoisotopic (exact) mass is 274 g/mol. The summed E-state index contributed by atoms with van der Waals surface area (Å²) >= 11 is 1.69. The molecule has 3 nitrogen and oxygen atoms in total. The van der Waals surface area contributed by atoms with Gasteiger partial charge in [0.1, 0.15) is 6.61 Å². The molecule has 1 aliphatic heterocycles. The van der Waals surface area contributed by atoms with Gasteiger partial charge in [-0.05, 0) is 32.4 Å². The third-order valence-corrected chi connectivity index (χ3v) is 4.31. The van der Waals surface area contributed by atoms with Crippen molar-refractivity contribution in [1.82, 2.24) is 4.90 Å². The van der Waals surface area contributed by atoms with Crippen LogP contribution in [-0.4, -0.2) is 29.7 Å². The first-order valence-corrected chi connectivity index (χ1v) is 7.34. The summed E-state index contributed by atoms with van der Waals surface area (Å²) in [5, 5.41) is 19.9. The number of nitriles is 1. The van der Waals surface area contributed by atoms with Gasteiger partial charge in [-0.15, -0.1) is 11.3 Å². The Morgan fingerprint density at radius 1 is 1.58 bits per heavy atom. The first kappa shape index (κ1) is 14.1. The molecule has 19 heavy (non-hydrogen) atoms. The molecule has 2 heterocycles. The third-order valence-electron chi connectivity index (χ3n) is 3.39. The fourth-order valence-electron chi connectivity index (χ4n) is 2.46. The van der Waals surface area contributed by atoms with Crippen LogP contribution >= 0.6 is 11.3 Å². The number of aliphatic hydroxyl groups excluding tert-OH is 1. The molecule has 1 aliphatic rings. The topological polar surface area (TPSA) is 47.3 Å². The lowest BCUT2D eigenvalue weighted by Crippen LogP contribution is -2.40. The predicted molar refractivity (Wildman–Crippen MR) is 76.5 cm³/mol. The highest BCUT2D eigenvalue weighted by Crippen LogP contribution is 2.30. The van der Waals surface area contributed by atoms with Gasteiger partial charge in [0.25, 0.3) is 0 Å². The van der Waals surface area contributed by atoms with E-state index in [1.54, 1.807) is 11.3 Å². The van der Waals surface area contributed by atoms with Crippen LogP contribution in [0.1, 0.15) is 30.2 Å². The second kappa shape index (κ2) is 6.21. The summed E-state index contributed by atoms with van der Waals surface area (Å²) in [6, 6.07) is 4.52. The van der Waals surface area contributed by atoms with Crippen LogP contribution < -0.4 is 0 Å². The van der Waals surface area contributed by atoms with Gasteiger partial charge in [-0.1, -0.05) is 11.8 Å². The summed E-state index contributed by atoms with van der Waals surface area (Å²) in [4.78, 5) is 3.62. The van der Waals surface area contributed by atoms with Gasteiger partial charge in [-0.25, -0.2) is 0 Å². The molecule has 0 aromatic carbocycles. The zero-order valence-corrected chi connectivity index (χ0v) is 12.0. The van der Waals surface area contributed by atoms with E-state index >= 15 is 0 Å². The molecule has 100 valence electrons. The van der Waals surface area contributed by atoms with E-state index in [1.165, 1.54) is 4.88 Å². The molecular weight excluding hydrogens is 256 g/mol. The number of aliphatic hydroxyl groups is 1. The lowest BCUT2D eigenvalue weighted by molar-refractivity contribution is 0.138. The minimum Gasteiger partial charge on any atom is -0.384 e. The largest absolute Gasteiger partial charge is 0.384 e. The number of rotatable bonds is 2. The predicted octanol–water partition coefficient (Wildman–Crippen LogP) is 2.22. The summed E-state index contributed by atoms with van der Waals surface area (Å²) in [5.41, 5.74) is 0.767. The van der Waals surface area contributed by atoms with Crippen LogP contribution in [0.2, 0.25) is 0 Å². The van der Waals surface area contributed by atoms with E-state index in [9.17, 15) is 5.26 Å². The summed E-state index contributed by atoms with van der Waals surface area (Å²) in [5.74, 6) is 5.58. The van der Waals surface area contributed by atoms with Crippen LogP contribution in [0.15, 0.2) is 11.4 Å². The molecule has 1 saturated heterocycles. The normalized spacial score (nSPS) is 23.4. The van der Waals surface area contributed by atoms with Crippen LogP contribution in [-0.2, 0) is 6.54 Å². The van der Waals surface area contributed by atoms with Gasteiger partial charge in [-0.2, -0.15) is 5.26 Å². The average molecular weight is 274 g/mol. The van der Waals surface area contributed by atoms with Crippen LogP contribution in [0.25, 0.3) is 0 Å². The van der Waals surface area contributed by atoms with E-state index < -0.39 is 0 Å². The second-order valence-electron chi connectivity index (χ2n) is 5.25. The molecule has 2 rings (SSSR count). The number of nitrogens with zero attached hydrogens (tertiary/aromatic N) is 2. The Balaban J connectivity index is 1.98. The maximum Gasteiger partial charge on any atom is 0.104 e. The molecule has 1 fully saturated rings. The van der Waals surface area contributed by atoms with Crippen LogP contribution in [0.5, 0.6) is 0 Å². The zero-order valence-electron chi connectivity index (χ0n) is 11.1. The molecule has 0 bridgehead atoms. The molecule has 0 radical (unpaired) electrons. The maximum atomic E-state index is 9.22. The molecule has 4 heteroatoms. The zero-order chi connectivity index (χ0) is 13.7. The van der Waals surface area contributed by atoms with E-state index in [0.717, 1.165) is 38.0 Å². The molecule has 1 N–H and O–H groups in total. The fraction of sp³-hybridized carbons (Fsp3) is 0.533. The van der Waals surface area contributed by atoms with Crippen molar-refractivity contribution < 1.29 is 5.11 Å². The third kappa shape index (κ3) is 3.81. The molecular formula is C15H18N2OS. The second-order valence-corrected chi connectivity index (χ2v) is 6.24. The van der Waals surface area contributed by atoms with Crippen molar-refractivity contribution in [2.45, 2.75) is 26.3 Å². The lowest BCUT2D eigenvalue weighted by atomic mass is 9.83. The van der Waals surface area contributed by atoms with Crippen molar-refractivity contribution in [3.05, 3.63) is 21.9 Å². The number of piperidine rings is 1. The van der Waals surface area contributed by atoms with Crippen LogP contribution in [0, 0.1) is 28.6 Å². The molecule has 1 aromatic rings. The lowest BCUT2D eigenvalue weighted by Gasteiger charge is -2.35. The van der Waals surface area contributed by atoms with Gasteiger partial charge < -0.3 is 5.11 Å². The molecule has 0 saturated carbocycles. The number of hydrogen-bond acceptors (Lipinski definition) is 4. The summed E-state index contributed by atoms with van der Waals surface area (Å²) in [6.07, 6.45) is 2.09. The Morgan fingerprint density at radius 3 is 3.16 bits per heavy atom. The summed E-state index contributed by atoms with van der Waals surface area (Å²) in [6.45, 7) is 4.75. The van der Waals surface area contributed by atoms with Gasteiger partial charge in [0, 0.05) is 28.9 Å². The molecule has 1 unspecified atom stereocenters. The Labute approximate surface area is 118 Å². The highest BCUT2D eigenvalue weighted by molar-refractivity contribution is 7.10. The van der Waals surface area contributed by atoms with Crippen molar-refractivity contribution in [3.63, 3.8) is 0 Å². The SMILES string of the molecule is CC1(C#N)CCCN(Cc2cc(C#CCO)cs2)C1. The first-order chi connectivity index (χ1) is 9.15. The smallest absolute Gasteiger partial charge is 0.104 e. The Bertz CT molecular complexity index is 534. The summed E-state index contributed by atoms with van der Waals surface area (Å²) < 4.78 is 0. The van der Waals surface area contributed by atoms with Crippen molar-refractivity contribution >= 4 is 11.3 Å². The fourth-order valence-corrected chi connectivity index (χ4v) is 3.32. The Hall–Kier alpha value is -1.33. The Morgan fingerprint density at radius 2 is 2.42 bits per heavy atom. The van der Waals surface area contributed by atoms with Gasteiger partial charge in [0.15, 0.2) is 0 Å². The summed E-state index contributed by atoms with van der Waals surface area (Å²) in [7, 11) is 0. The van der Waals surface area contributed by atoms with E-state index in [0.29, 0.717) is 0 Å². The van der Waals surface area contributed by atoms with Gasteiger partial charge in [0.2, 0.25) is 0 Å². The minimum atomic E-state index is -0.199. The maximum absolute atomic E-state index is 9.22. The average Bonchev–Trinajstić information content (AvgIpc) is 2.84. The van der Waals surface area contributed by atoms with Crippen molar-refractivity contribution in [2.24, 2.45) is 5.41 Å². The van der Waals surface area contributed by atoms with Crippen molar-refractivity contribution in [2.75, 3.05) is 19.7 Å². The van der Waals surface area contributed by atoms with Crippen LogP contribution in [0.3, 0.4) is 0 Å². The Kier molecular flexibility index (Phi) is 4.61. The molecule has 0 spiro atoms. The quantitative estimate of drug-likeness (QED) is 0.841.